The number of aryl methyl sites for hydroxylation is 2. The monoisotopic (exact) mass is 399 g/mol. The first-order valence-corrected chi connectivity index (χ1v) is 11.7. The minimum Gasteiger partial charge on any atom is -0.309 e. The van der Waals surface area contributed by atoms with Crippen molar-refractivity contribution >= 4 is 46.7 Å². The number of para-hydroxylation sites is 1. The van der Waals surface area contributed by atoms with Crippen LogP contribution in [0.3, 0.4) is 0 Å². The molecule has 5 heteroatoms. The molecule has 1 aliphatic rings. The van der Waals surface area contributed by atoms with Gasteiger partial charge < -0.3 is 4.90 Å². The first kappa shape index (κ1) is 21.0. The average molecular weight is 400 g/mol. The number of halogens is 1. The molecule has 25 heavy (non-hydrogen) atoms. The molecule has 2 rings (SSSR count). The van der Waals surface area contributed by atoms with Gasteiger partial charge in [0.25, 0.3) is 0 Å². The summed E-state index contributed by atoms with van der Waals surface area (Å²) in [5.41, 5.74) is 3.58. The summed E-state index contributed by atoms with van der Waals surface area (Å²) in [5, 5.41) is 1.28. The first-order chi connectivity index (χ1) is 12.0. The van der Waals surface area contributed by atoms with Gasteiger partial charge in [-0.15, -0.1) is 35.1 Å². The highest BCUT2D eigenvalue weighted by Crippen LogP contribution is 2.40. The Kier molecular flexibility index (Phi) is 8.50. The number of carbonyl (C=O) groups is 1. The summed E-state index contributed by atoms with van der Waals surface area (Å²) in [6.07, 6.45) is 4.36. The largest absolute Gasteiger partial charge is 0.309 e. The highest BCUT2D eigenvalue weighted by atomic mass is 35.5. The van der Waals surface area contributed by atoms with E-state index in [9.17, 15) is 4.79 Å². The van der Waals surface area contributed by atoms with Gasteiger partial charge in [0.1, 0.15) is 5.88 Å². The molecule has 0 N–H and O–H groups in total. The van der Waals surface area contributed by atoms with Gasteiger partial charge >= 0.3 is 0 Å². The maximum Gasteiger partial charge on any atom is 0.241 e. The second kappa shape index (κ2) is 10.1. The van der Waals surface area contributed by atoms with Crippen molar-refractivity contribution < 1.29 is 4.79 Å². The maximum absolute atomic E-state index is 12.7. The molecule has 1 fully saturated rings. The molecular formula is C20H30ClNOS2. The van der Waals surface area contributed by atoms with Gasteiger partial charge in [-0.2, -0.15) is 0 Å². The average Bonchev–Trinajstić information content (AvgIpc) is 2.78. The van der Waals surface area contributed by atoms with Crippen LogP contribution in [0.5, 0.6) is 0 Å². The fourth-order valence-electron chi connectivity index (χ4n) is 3.34. The fraction of sp³-hybridized carbons (Fsp3) is 0.650. The van der Waals surface area contributed by atoms with E-state index in [-0.39, 0.29) is 11.8 Å². The lowest BCUT2D eigenvalue weighted by molar-refractivity contribution is -0.116. The van der Waals surface area contributed by atoms with Gasteiger partial charge in [0.2, 0.25) is 5.91 Å². The van der Waals surface area contributed by atoms with Crippen LogP contribution in [-0.4, -0.2) is 33.4 Å². The minimum absolute atomic E-state index is 0.0167. The van der Waals surface area contributed by atoms with E-state index in [2.05, 4.69) is 45.9 Å². The molecule has 1 heterocycles. The third kappa shape index (κ3) is 5.58. The van der Waals surface area contributed by atoms with Gasteiger partial charge in [0.15, 0.2) is 0 Å². The highest BCUT2D eigenvalue weighted by molar-refractivity contribution is 8.17. The number of carbonyl (C=O) groups excluding carboxylic acids is 1. The fourth-order valence-corrected chi connectivity index (χ4v) is 6.93. The molecule has 1 aliphatic heterocycles. The lowest BCUT2D eigenvalue weighted by atomic mass is 10.0. The van der Waals surface area contributed by atoms with Gasteiger partial charge in [-0.3, -0.25) is 4.79 Å². The van der Waals surface area contributed by atoms with Crippen LogP contribution in [0.2, 0.25) is 0 Å². The molecule has 1 aromatic rings. The molecule has 0 spiro atoms. The second-order valence-corrected chi connectivity index (χ2v) is 10.5. The quantitative estimate of drug-likeness (QED) is 0.568. The van der Waals surface area contributed by atoms with Gasteiger partial charge in [0.05, 0.1) is 10.3 Å². The molecule has 0 saturated carbocycles. The lowest BCUT2D eigenvalue weighted by Crippen LogP contribution is -2.38. The van der Waals surface area contributed by atoms with E-state index in [1.807, 2.05) is 28.4 Å². The van der Waals surface area contributed by atoms with Crippen molar-refractivity contribution in [3.63, 3.8) is 0 Å². The molecular weight excluding hydrogens is 370 g/mol. The number of anilines is 1. The van der Waals surface area contributed by atoms with Gasteiger partial charge in [0, 0.05) is 17.0 Å². The lowest BCUT2D eigenvalue weighted by Gasteiger charge is -2.31. The molecule has 0 aromatic heterocycles. The predicted molar refractivity (Wildman–Crippen MR) is 115 cm³/mol. The van der Waals surface area contributed by atoms with Crippen LogP contribution in [-0.2, 0) is 17.6 Å². The third-order valence-corrected chi connectivity index (χ3v) is 7.93. The molecule has 1 saturated heterocycles. The highest BCUT2D eigenvalue weighted by Gasteiger charge is 2.28. The Morgan fingerprint density at radius 1 is 1.12 bits per heavy atom. The summed E-state index contributed by atoms with van der Waals surface area (Å²) in [6, 6.07) is 6.38. The van der Waals surface area contributed by atoms with E-state index in [4.69, 9.17) is 11.6 Å². The predicted octanol–water partition coefficient (Wildman–Crippen LogP) is 5.75. The summed E-state index contributed by atoms with van der Waals surface area (Å²) < 4.78 is 0.397. The Balaban J connectivity index is 2.35. The Labute approximate surface area is 166 Å². The van der Waals surface area contributed by atoms with Crippen LogP contribution >= 0.6 is 35.1 Å². The molecule has 2 nitrogen and oxygen atoms in total. The molecule has 140 valence electrons. The number of nitrogens with zero attached hydrogens (tertiary/aromatic N) is 1. The zero-order valence-corrected chi connectivity index (χ0v) is 18.1. The summed E-state index contributed by atoms with van der Waals surface area (Å²) in [4.78, 5) is 14.7. The molecule has 1 aromatic carbocycles. The zero-order valence-electron chi connectivity index (χ0n) is 15.8. The van der Waals surface area contributed by atoms with Gasteiger partial charge in [-0.05, 0) is 36.8 Å². The van der Waals surface area contributed by atoms with Crippen LogP contribution in [0.4, 0.5) is 5.69 Å². The van der Waals surface area contributed by atoms with E-state index in [0.717, 1.165) is 25.1 Å². The van der Waals surface area contributed by atoms with Crippen LogP contribution in [0.25, 0.3) is 0 Å². The summed E-state index contributed by atoms with van der Waals surface area (Å²) in [6.45, 7) is 9.66. The Hall–Kier alpha value is -0.320. The molecule has 2 atom stereocenters. The molecule has 0 bridgehead atoms. The van der Waals surface area contributed by atoms with Crippen molar-refractivity contribution in [2.75, 3.05) is 17.3 Å². The number of benzene rings is 1. The van der Waals surface area contributed by atoms with Crippen LogP contribution in [0.1, 0.15) is 51.7 Å². The number of hydrogen-bond donors (Lipinski definition) is 0. The zero-order chi connectivity index (χ0) is 18.4. The smallest absolute Gasteiger partial charge is 0.241 e. The maximum atomic E-state index is 12.7. The van der Waals surface area contributed by atoms with E-state index in [1.54, 1.807) is 0 Å². The summed E-state index contributed by atoms with van der Waals surface area (Å²) in [7, 11) is 0. The molecule has 0 aliphatic carbocycles. The second-order valence-electron chi connectivity index (χ2n) is 6.67. The van der Waals surface area contributed by atoms with Crippen molar-refractivity contribution in [1.82, 2.24) is 0 Å². The van der Waals surface area contributed by atoms with Crippen molar-refractivity contribution in [1.29, 1.82) is 0 Å². The summed E-state index contributed by atoms with van der Waals surface area (Å²) >= 11 is 10.0. The Morgan fingerprint density at radius 2 is 1.64 bits per heavy atom. The number of hydrogen-bond acceptors (Lipinski definition) is 3. The Bertz CT molecular complexity index is 547. The number of rotatable bonds is 6. The number of thioether (sulfide) groups is 2. The number of alkyl halides is 1. The SMILES string of the molecule is CCc1cccc(CC)c1N(CC1SC(C)CCC(C)S1)C(=O)CCl. The molecule has 0 radical (unpaired) electrons. The Morgan fingerprint density at radius 3 is 2.08 bits per heavy atom. The van der Waals surface area contributed by atoms with Crippen molar-refractivity contribution in [2.24, 2.45) is 0 Å². The van der Waals surface area contributed by atoms with Crippen LogP contribution in [0, 0.1) is 0 Å². The van der Waals surface area contributed by atoms with E-state index in [0.29, 0.717) is 15.1 Å². The van der Waals surface area contributed by atoms with Gasteiger partial charge in [-0.1, -0.05) is 45.9 Å². The topological polar surface area (TPSA) is 20.3 Å². The van der Waals surface area contributed by atoms with Crippen molar-refractivity contribution in [3.8, 4) is 0 Å². The normalized spacial score (nSPS) is 24.0. The minimum atomic E-state index is 0.0167. The first-order valence-electron chi connectivity index (χ1n) is 9.28. The van der Waals surface area contributed by atoms with Gasteiger partial charge in [-0.25, -0.2) is 0 Å². The van der Waals surface area contributed by atoms with Crippen LogP contribution < -0.4 is 4.90 Å². The molecule has 1 amide bonds. The third-order valence-electron chi connectivity index (χ3n) is 4.73. The summed E-state index contributed by atoms with van der Waals surface area (Å²) in [5.74, 6) is 0.0528. The van der Waals surface area contributed by atoms with E-state index in [1.165, 1.54) is 24.0 Å². The number of amides is 1. The van der Waals surface area contributed by atoms with Crippen molar-refractivity contribution in [2.45, 2.75) is 68.5 Å². The van der Waals surface area contributed by atoms with E-state index < -0.39 is 0 Å². The molecule has 2 unspecified atom stereocenters. The van der Waals surface area contributed by atoms with Crippen molar-refractivity contribution in [3.05, 3.63) is 29.3 Å². The van der Waals surface area contributed by atoms with E-state index >= 15 is 0 Å². The standard InChI is InChI=1S/C20H30ClNOS2/c1-5-16-8-7-9-17(6-2)20(16)22(18(23)12-21)13-19-24-14(3)10-11-15(4)25-19/h7-9,14-15,19H,5-6,10-13H2,1-4H3. The van der Waals surface area contributed by atoms with Crippen LogP contribution in [0.15, 0.2) is 18.2 Å².